The minimum Gasteiger partial charge on any atom is -0.392 e. The highest BCUT2D eigenvalue weighted by atomic mass is 19.1. The largest absolute Gasteiger partial charge is 0.392 e. The number of carbonyl (C=O) groups is 1. The van der Waals surface area contributed by atoms with Crippen LogP contribution in [0, 0.1) is 5.82 Å². The molecule has 116 valence electrons. The molecule has 1 unspecified atom stereocenters. The second-order valence-corrected chi connectivity index (χ2v) is 5.12. The number of aliphatic hydroxyl groups is 1. The Bertz CT molecular complexity index is 646. The first kappa shape index (κ1) is 16.0. The van der Waals surface area contributed by atoms with Crippen LogP contribution in [0.2, 0.25) is 0 Å². The van der Waals surface area contributed by atoms with Crippen LogP contribution in [0.25, 0.3) is 0 Å². The Kier molecular flexibility index (Phi) is 5.49. The number of benzene rings is 2. The fourth-order valence-electron chi connectivity index (χ4n) is 2.17. The van der Waals surface area contributed by atoms with Crippen molar-refractivity contribution in [3.8, 4) is 0 Å². The number of aliphatic hydroxyl groups excluding tert-OH is 1. The van der Waals surface area contributed by atoms with Crippen LogP contribution in [-0.4, -0.2) is 17.1 Å². The van der Waals surface area contributed by atoms with Gasteiger partial charge in [0.05, 0.1) is 6.61 Å². The molecular formula is C17H19FN2O2. The van der Waals surface area contributed by atoms with Gasteiger partial charge in [-0.3, -0.25) is 4.79 Å². The van der Waals surface area contributed by atoms with E-state index in [1.165, 1.54) is 12.1 Å². The molecule has 2 rings (SSSR count). The molecule has 0 bridgehead atoms. The molecule has 0 aromatic heterocycles. The zero-order valence-electron chi connectivity index (χ0n) is 12.3. The zero-order valence-corrected chi connectivity index (χ0v) is 12.3. The quantitative estimate of drug-likeness (QED) is 0.768. The van der Waals surface area contributed by atoms with Crippen molar-refractivity contribution in [3.63, 3.8) is 0 Å². The first-order chi connectivity index (χ1) is 10.6. The van der Waals surface area contributed by atoms with Gasteiger partial charge in [-0.1, -0.05) is 24.3 Å². The summed E-state index contributed by atoms with van der Waals surface area (Å²) in [5.74, 6) is -0.590. The lowest BCUT2D eigenvalue weighted by molar-refractivity contribution is -0.116. The van der Waals surface area contributed by atoms with Crippen LogP contribution < -0.4 is 10.6 Å². The van der Waals surface area contributed by atoms with E-state index in [-0.39, 0.29) is 30.8 Å². The summed E-state index contributed by atoms with van der Waals surface area (Å²) >= 11 is 0. The van der Waals surface area contributed by atoms with E-state index in [1.807, 2.05) is 31.2 Å². The zero-order chi connectivity index (χ0) is 15.9. The molecule has 0 radical (unpaired) electrons. The topological polar surface area (TPSA) is 61.4 Å². The Morgan fingerprint density at radius 1 is 1.23 bits per heavy atom. The fourth-order valence-corrected chi connectivity index (χ4v) is 2.17. The maximum Gasteiger partial charge on any atom is 0.226 e. The molecule has 0 saturated carbocycles. The van der Waals surface area contributed by atoms with E-state index in [9.17, 15) is 14.3 Å². The first-order valence-corrected chi connectivity index (χ1v) is 7.09. The normalized spacial score (nSPS) is 11.8. The van der Waals surface area contributed by atoms with Crippen molar-refractivity contribution in [2.45, 2.75) is 26.0 Å². The smallest absolute Gasteiger partial charge is 0.226 e. The van der Waals surface area contributed by atoms with Crippen molar-refractivity contribution < 1.29 is 14.3 Å². The maximum absolute atomic E-state index is 13.1. The SMILES string of the molecule is CC(CC(=O)Nc1cccc(F)c1)Nc1ccccc1CO. The van der Waals surface area contributed by atoms with Crippen molar-refractivity contribution in [2.24, 2.45) is 0 Å². The number of hydrogen-bond donors (Lipinski definition) is 3. The predicted molar refractivity (Wildman–Crippen MR) is 85.1 cm³/mol. The Balaban J connectivity index is 1.91. The van der Waals surface area contributed by atoms with Crippen molar-refractivity contribution in [1.82, 2.24) is 0 Å². The van der Waals surface area contributed by atoms with E-state index in [2.05, 4.69) is 10.6 Å². The summed E-state index contributed by atoms with van der Waals surface area (Å²) in [6.07, 6.45) is 0.232. The van der Waals surface area contributed by atoms with Gasteiger partial charge in [-0.05, 0) is 31.2 Å². The average molecular weight is 302 g/mol. The average Bonchev–Trinajstić information content (AvgIpc) is 2.47. The van der Waals surface area contributed by atoms with Gasteiger partial charge in [0, 0.05) is 29.4 Å². The molecule has 1 amide bonds. The van der Waals surface area contributed by atoms with Crippen LogP contribution in [0.4, 0.5) is 15.8 Å². The third-order valence-corrected chi connectivity index (χ3v) is 3.19. The number of hydrogen-bond acceptors (Lipinski definition) is 3. The van der Waals surface area contributed by atoms with Crippen LogP contribution in [-0.2, 0) is 11.4 Å². The number of nitrogens with one attached hydrogen (secondary N) is 2. The van der Waals surface area contributed by atoms with Crippen LogP contribution >= 0.6 is 0 Å². The van der Waals surface area contributed by atoms with Gasteiger partial charge in [0.1, 0.15) is 5.82 Å². The van der Waals surface area contributed by atoms with Gasteiger partial charge in [0.25, 0.3) is 0 Å². The Morgan fingerprint density at radius 3 is 2.73 bits per heavy atom. The number of halogens is 1. The molecule has 0 spiro atoms. The summed E-state index contributed by atoms with van der Waals surface area (Å²) in [5.41, 5.74) is 2.02. The van der Waals surface area contributed by atoms with Gasteiger partial charge < -0.3 is 15.7 Å². The van der Waals surface area contributed by atoms with E-state index in [0.29, 0.717) is 5.69 Å². The Morgan fingerprint density at radius 2 is 2.00 bits per heavy atom. The molecular weight excluding hydrogens is 283 g/mol. The van der Waals surface area contributed by atoms with Gasteiger partial charge in [0.2, 0.25) is 5.91 Å². The number of carbonyl (C=O) groups excluding carboxylic acids is 1. The van der Waals surface area contributed by atoms with E-state index in [4.69, 9.17) is 0 Å². The molecule has 0 heterocycles. The van der Waals surface area contributed by atoms with Crippen LogP contribution in [0.3, 0.4) is 0 Å². The summed E-state index contributed by atoms with van der Waals surface area (Å²) in [6.45, 7) is 1.81. The molecule has 22 heavy (non-hydrogen) atoms. The molecule has 0 aliphatic heterocycles. The van der Waals surface area contributed by atoms with Crippen molar-refractivity contribution in [1.29, 1.82) is 0 Å². The fraction of sp³-hybridized carbons (Fsp3) is 0.235. The van der Waals surface area contributed by atoms with E-state index in [1.54, 1.807) is 12.1 Å². The molecule has 0 fully saturated rings. The second kappa shape index (κ2) is 7.56. The molecule has 4 nitrogen and oxygen atoms in total. The molecule has 3 N–H and O–H groups in total. The highest BCUT2D eigenvalue weighted by Crippen LogP contribution is 2.17. The van der Waals surface area contributed by atoms with Gasteiger partial charge >= 0.3 is 0 Å². The summed E-state index contributed by atoms with van der Waals surface area (Å²) in [7, 11) is 0. The number of para-hydroxylation sites is 1. The Hall–Kier alpha value is -2.40. The van der Waals surface area contributed by atoms with Crippen LogP contribution in [0.5, 0.6) is 0 Å². The Labute approximate surface area is 129 Å². The molecule has 0 aliphatic carbocycles. The van der Waals surface area contributed by atoms with Crippen molar-refractivity contribution in [3.05, 3.63) is 59.9 Å². The third-order valence-electron chi connectivity index (χ3n) is 3.19. The predicted octanol–water partition coefficient (Wildman–Crippen LogP) is 3.15. The van der Waals surface area contributed by atoms with Gasteiger partial charge in [-0.15, -0.1) is 0 Å². The number of anilines is 2. The molecule has 2 aromatic rings. The van der Waals surface area contributed by atoms with Gasteiger partial charge in [0.15, 0.2) is 0 Å². The van der Waals surface area contributed by atoms with Gasteiger partial charge in [-0.25, -0.2) is 4.39 Å². The van der Waals surface area contributed by atoms with Crippen LogP contribution in [0.1, 0.15) is 18.9 Å². The highest BCUT2D eigenvalue weighted by Gasteiger charge is 2.11. The summed E-state index contributed by atoms with van der Waals surface area (Å²) in [6, 6.07) is 13.0. The number of amides is 1. The monoisotopic (exact) mass is 302 g/mol. The highest BCUT2D eigenvalue weighted by molar-refractivity contribution is 5.91. The van der Waals surface area contributed by atoms with Crippen molar-refractivity contribution >= 4 is 17.3 Å². The van der Waals surface area contributed by atoms with Crippen LogP contribution in [0.15, 0.2) is 48.5 Å². The lowest BCUT2D eigenvalue weighted by Crippen LogP contribution is -2.24. The number of rotatable bonds is 6. The molecule has 2 aromatic carbocycles. The van der Waals surface area contributed by atoms with Crippen molar-refractivity contribution in [2.75, 3.05) is 10.6 Å². The molecule has 5 heteroatoms. The summed E-state index contributed by atoms with van der Waals surface area (Å²) < 4.78 is 13.1. The molecule has 0 saturated heterocycles. The third kappa shape index (κ3) is 4.56. The van der Waals surface area contributed by atoms with E-state index >= 15 is 0 Å². The minimum absolute atomic E-state index is 0.0641. The minimum atomic E-state index is -0.388. The maximum atomic E-state index is 13.1. The molecule has 1 atom stereocenters. The lowest BCUT2D eigenvalue weighted by atomic mass is 10.1. The lowest BCUT2D eigenvalue weighted by Gasteiger charge is -2.17. The van der Waals surface area contributed by atoms with E-state index < -0.39 is 0 Å². The molecule has 0 aliphatic rings. The second-order valence-electron chi connectivity index (χ2n) is 5.12. The standard InChI is InChI=1S/C17H19FN2O2/c1-12(19-16-8-3-2-5-13(16)11-21)9-17(22)20-15-7-4-6-14(18)10-15/h2-8,10,12,19,21H,9,11H2,1H3,(H,20,22). The summed E-state index contributed by atoms with van der Waals surface area (Å²) in [5, 5.41) is 15.1. The summed E-state index contributed by atoms with van der Waals surface area (Å²) in [4.78, 5) is 12.0. The van der Waals surface area contributed by atoms with E-state index in [0.717, 1.165) is 11.3 Å². The van der Waals surface area contributed by atoms with Gasteiger partial charge in [-0.2, -0.15) is 0 Å². The first-order valence-electron chi connectivity index (χ1n) is 7.09.